The number of hydrogen-bond donors (Lipinski definition) is 1. The summed E-state index contributed by atoms with van der Waals surface area (Å²) in [6.45, 7) is 1.51. The van der Waals surface area contributed by atoms with Crippen LogP contribution in [-0.2, 0) is 4.79 Å². The molecule has 3 aromatic rings. The molecule has 0 aliphatic carbocycles. The largest absolute Gasteiger partial charge is 0.355 e. The van der Waals surface area contributed by atoms with Gasteiger partial charge < -0.3 is 10.2 Å². The third-order valence-electron chi connectivity index (χ3n) is 5.10. The fraction of sp³-hybridized carbons (Fsp3) is 0.227. The number of nitrogens with one attached hydrogen (secondary N) is 1. The molecule has 0 spiro atoms. The van der Waals surface area contributed by atoms with Gasteiger partial charge in [-0.15, -0.1) is 10.2 Å². The SMILES string of the molecule is O=C(Nc1ccc(Cl)cc1Cl)C1CCN(c2ccc(-c3ccccc3)nn2)CC1. The minimum absolute atomic E-state index is 0.0145. The number of anilines is 2. The standard InChI is InChI=1S/C22H20Cl2N4O/c23-17-6-7-20(18(24)14-17)25-22(29)16-10-12-28(13-11-16)21-9-8-19(26-27-21)15-4-2-1-3-5-15/h1-9,14,16H,10-13H2,(H,25,29). The topological polar surface area (TPSA) is 58.1 Å². The Morgan fingerprint density at radius 2 is 1.72 bits per heavy atom. The molecule has 0 radical (unpaired) electrons. The molecule has 5 nitrogen and oxygen atoms in total. The predicted molar refractivity (Wildman–Crippen MR) is 117 cm³/mol. The van der Waals surface area contributed by atoms with E-state index in [2.05, 4.69) is 20.4 Å². The van der Waals surface area contributed by atoms with Crippen LogP contribution in [0.3, 0.4) is 0 Å². The molecular weight excluding hydrogens is 407 g/mol. The van der Waals surface area contributed by atoms with Crippen LogP contribution in [0.15, 0.2) is 60.7 Å². The molecule has 1 N–H and O–H groups in total. The lowest BCUT2D eigenvalue weighted by molar-refractivity contribution is -0.120. The molecule has 1 aliphatic rings. The Kier molecular flexibility index (Phi) is 5.97. The smallest absolute Gasteiger partial charge is 0.227 e. The lowest BCUT2D eigenvalue weighted by atomic mass is 9.95. The van der Waals surface area contributed by atoms with Crippen LogP contribution in [0.25, 0.3) is 11.3 Å². The summed E-state index contributed by atoms with van der Waals surface area (Å²) in [5, 5.41) is 12.6. The number of halogens is 2. The normalized spacial score (nSPS) is 14.6. The Morgan fingerprint density at radius 3 is 2.38 bits per heavy atom. The maximum absolute atomic E-state index is 12.6. The Hall–Kier alpha value is -2.63. The van der Waals surface area contributed by atoms with Crippen LogP contribution in [-0.4, -0.2) is 29.2 Å². The van der Waals surface area contributed by atoms with Gasteiger partial charge in [0.2, 0.25) is 5.91 Å². The van der Waals surface area contributed by atoms with E-state index in [0.29, 0.717) is 15.7 Å². The minimum atomic E-state index is -0.0606. The van der Waals surface area contributed by atoms with Gasteiger partial charge in [0.25, 0.3) is 0 Å². The number of carbonyl (C=O) groups excluding carboxylic acids is 1. The second-order valence-electron chi connectivity index (χ2n) is 7.02. The van der Waals surface area contributed by atoms with E-state index in [4.69, 9.17) is 23.2 Å². The van der Waals surface area contributed by atoms with E-state index >= 15 is 0 Å². The van der Waals surface area contributed by atoms with Gasteiger partial charge in [-0.1, -0.05) is 53.5 Å². The van der Waals surface area contributed by atoms with E-state index in [0.717, 1.165) is 43.0 Å². The summed E-state index contributed by atoms with van der Waals surface area (Å²) in [6, 6.07) is 19.0. The molecule has 2 aromatic carbocycles. The molecule has 0 bridgehead atoms. The van der Waals surface area contributed by atoms with Gasteiger partial charge in [-0.25, -0.2) is 0 Å². The first-order chi connectivity index (χ1) is 14.1. The zero-order valence-electron chi connectivity index (χ0n) is 15.7. The minimum Gasteiger partial charge on any atom is -0.355 e. The van der Waals surface area contributed by atoms with Crippen molar-refractivity contribution in [1.29, 1.82) is 0 Å². The molecule has 148 valence electrons. The van der Waals surface area contributed by atoms with Gasteiger partial charge in [-0.05, 0) is 43.2 Å². The zero-order valence-corrected chi connectivity index (χ0v) is 17.2. The highest BCUT2D eigenvalue weighted by Gasteiger charge is 2.26. The van der Waals surface area contributed by atoms with Crippen molar-refractivity contribution in [1.82, 2.24) is 10.2 Å². The Morgan fingerprint density at radius 1 is 0.966 bits per heavy atom. The molecule has 1 saturated heterocycles. The van der Waals surface area contributed by atoms with E-state index in [1.165, 1.54) is 0 Å². The average molecular weight is 427 g/mol. The quantitative estimate of drug-likeness (QED) is 0.614. The van der Waals surface area contributed by atoms with Crippen molar-refractivity contribution in [2.75, 3.05) is 23.3 Å². The third kappa shape index (κ3) is 4.69. The first-order valence-corrected chi connectivity index (χ1v) is 10.3. The third-order valence-corrected chi connectivity index (χ3v) is 5.65. The van der Waals surface area contributed by atoms with Crippen LogP contribution in [0.4, 0.5) is 11.5 Å². The highest BCUT2D eigenvalue weighted by molar-refractivity contribution is 6.36. The van der Waals surface area contributed by atoms with Gasteiger partial charge >= 0.3 is 0 Å². The Balaban J connectivity index is 1.35. The molecule has 4 rings (SSSR count). The predicted octanol–water partition coefficient (Wildman–Crippen LogP) is 5.31. The number of aromatic nitrogens is 2. The number of nitrogens with zero attached hydrogens (tertiary/aromatic N) is 3. The van der Waals surface area contributed by atoms with Crippen LogP contribution >= 0.6 is 23.2 Å². The summed E-state index contributed by atoms with van der Waals surface area (Å²) < 4.78 is 0. The summed E-state index contributed by atoms with van der Waals surface area (Å²) in [6.07, 6.45) is 1.50. The van der Waals surface area contributed by atoms with E-state index in [1.54, 1.807) is 18.2 Å². The molecule has 1 fully saturated rings. The van der Waals surface area contributed by atoms with Crippen molar-refractivity contribution in [2.45, 2.75) is 12.8 Å². The highest BCUT2D eigenvalue weighted by Crippen LogP contribution is 2.28. The molecule has 0 atom stereocenters. The van der Waals surface area contributed by atoms with Gasteiger partial charge in [0, 0.05) is 29.6 Å². The molecule has 0 unspecified atom stereocenters. The van der Waals surface area contributed by atoms with E-state index in [9.17, 15) is 4.79 Å². The van der Waals surface area contributed by atoms with Gasteiger partial charge in [-0.2, -0.15) is 0 Å². The van der Waals surface area contributed by atoms with E-state index in [1.807, 2.05) is 42.5 Å². The second kappa shape index (κ2) is 8.80. The molecular formula is C22H20Cl2N4O. The monoisotopic (exact) mass is 426 g/mol. The summed E-state index contributed by atoms with van der Waals surface area (Å²) in [5.41, 5.74) is 2.48. The number of rotatable bonds is 4. The molecule has 1 aliphatic heterocycles. The van der Waals surface area contributed by atoms with Crippen molar-refractivity contribution in [3.05, 3.63) is 70.7 Å². The second-order valence-corrected chi connectivity index (χ2v) is 7.86. The average Bonchev–Trinajstić information content (AvgIpc) is 2.76. The number of carbonyl (C=O) groups is 1. The number of benzene rings is 2. The van der Waals surface area contributed by atoms with Gasteiger partial charge in [0.1, 0.15) is 0 Å². The lowest BCUT2D eigenvalue weighted by Gasteiger charge is -2.31. The Bertz CT molecular complexity index is 987. The van der Waals surface area contributed by atoms with Gasteiger partial charge in [0.05, 0.1) is 16.4 Å². The maximum atomic E-state index is 12.6. The van der Waals surface area contributed by atoms with Crippen LogP contribution in [0.5, 0.6) is 0 Å². The lowest BCUT2D eigenvalue weighted by Crippen LogP contribution is -2.38. The van der Waals surface area contributed by atoms with Crippen molar-refractivity contribution in [3.8, 4) is 11.3 Å². The van der Waals surface area contributed by atoms with Crippen LogP contribution in [0, 0.1) is 5.92 Å². The molecule has 29 heavy (non-hydrogen) atoms. The zero-order chi connectivity index (χ0) is 20.2. The number of amides is 1. The van der Waals surface area contributed by atoms with Crippen LogP contribution in [0.1, 0.15) is 12.8 Å². The molecule has 2 heterocycles. The summed E-state index contributed by atoms with van der Waals surface area (Å²) in [5.74, 6) is 0.762. The van der Waals surface area contributed by atoms with Crippen molar-refractivity contribution in [2.24, 2.45) is 5.92 Å². The fourth-order valence-electron chi connectivity index (χ4n) is 3.45. The molecule has 7 heteroatoms. The van der Waals surface area contributed by atoms with Crippen LogP contribution in [0.2, 0.25) is 10.0 Å². The van der Waals surface area contributed by atoms with Crippen molar-refractivity contribution < 1.29 is 4.79 Å². The van der Waals surface area contributed by atoms with E-state index < -0.39 is 0 Å². The molecule has 1 aromatic heterocycles. The van der Waals surface area contributed by atoms with Crippen LogP contribution < -0.4 is 10.2 Å². The summed E-state index contributed by atoms with van der Waals surface area (Å²) in [4.78, 5) is 14.8. The highest BCUT2D eigenvalue weighted by atomic mass is 35.5. The van der Waals surface area contributed by atoms with E-state index in [-0.39, 0.29) is 11.8 Å². The maximum Gasteiger partial charge on any atom is 0.227 e. The summed E-state index contributed by atoms with van der Waals surface area (Å²) >= 11 is 12.1. The molecule has 1 amide bonds. The first kappa shape index (κ1) is 19.7. The molecule has 0 saturated carbocycles. The van der Waals surface area contributed by atoms with Crippen molar-refractivity contribution >= 4 is 40.6 Å². The van der Waals surface area contributed by atoms with Gasteiger partial charge in [0.15, 0.2) is 5.82 Å². The first-order valence-electron chi connectivity index (χ1n) is 9.50. The van der Waals surface area contributed by atoms with Crippen molar-refractivity contribution in [3.63, 3.8) is 0 Å². The summed E-state index contributed by atoms with van der Waals surface area (Å²) in [7, 11) is 0. The fourth-order valence-corrected chi connectivity index (χ4v) is 3.91. The van der Waals surface area contributed by atoms with Gasteiger partial charge in [-0.3, -0.25) is 4.79 Å². The number of hydrogen-bond acceptors (Lipinski definition) is 4. The number of piperidine rings is 1. The Labute approximate surface area is 179 Å².